The van der Waals surface area contributed by atoms with E-state index in [1.807, 2.05) is 0 Å². The van der Waals surface area contributed by atoms with Gasteiger partial charge in [-0.2, -0.15) is 0 Å². The summed E-state index contributed by atoms with van der Waals surface area (Å²) < 4.78 is 7.12. The fraction of sp³-hybridized carbons (Fsp3) is 1.00. The summed E-state index contributed by atoms with van der Waals surface area (Å²) in [4.78, 5) is 0. The number of hydrogen-bond donors (Lipinski definition) is 0. The van der Waals surface area contributed by atoms with Crippen molar-refractivity contribution in [3.63, 3.8) is 0 Å². The molecule has 6 heteroatoms. The molecule has 0 spiro atoms. The van der Waals surface area contributed by atoms with Crippen molar-refractivity contribution in [1.29, 1.82) is 0 Å². The van der Waals surface area contributed by atoms with Gasteiger partial charge in [0.1, 0.15) is 0 Å². The highest BCUT2D eigenvalue weighted by atomic mass is 15.3. The van der Waals surface area contributed by atoms with Gasteiger partial charge in [-0.15, -0.1) is 0 Å². The monoisotopic (exact) mass is 288 g/mol. The van der Waals surface area contributed by atoms with Crippen molar-refractivity contribution in [3.05, 3.63) is 0 Å². The second-order valence-electron chi connectivity index (χ2n) is 6.98. The van der Waals surface area contributed by atoms with Crippen LogP contribution in [0.5, 0.6) is 0 Å². The van der Waals surface area contributed by atoms with Gasteiger partial charge in [0.25, 0.3) is 22.6 Å². The van der Waals surface area contributed by atoms with Crippen LogP contribution in [-0.2, 0) is 0 Å². The summed E-state index contributed by atoms with van der Waals surface area (Å²) in [6.45, 7) is 17.1. The van der Waals surface area contributed by atoms with Gasteiger partial charge in [0.05, 0.1) is 0 Å². The van der Waals surface area contributed by atoms with Crippen molar-refractivity contribution in [1.82, 2.24) is 14.2 Å². The molecule has 0 aromatic rings. The average molecular weight is 288 g/mol. The standard InChI is InChI=1S/C15H33B3N3/c1-7-13(4)10-19-16-20(11-14(5)8-2)18-21(17-19)12-15(6)9-3/h13-15H,7-12H2,1-6H3. The SMILES string of the molecule is CCC(C)CN1[B]N(CC(C)CC)[B]N(CC(C)CC)[B]1. The molecule has 1 saturated heterocycles. The lowest BCUT2D eigenvalue weighted by Crippen LogP contribution is -2.63. The molecule has 0 amide bonds. The maximum atomic E-state index is 2.37. The van der Waals surface area contributed by atoms with Crippen molar-refractivity contribution in [2.75, 3.05) is 19.6 Å². The second-order valence-corrected chi connectivity index (χ2v) is 6.98. The Morgan fingerprint density at radius 3 is 1.00 bits per heavy atom. The topological polar surface area (TPSA) is 9.72 Å². The normalized spacial score (nSPS) is 22.0. The first kappa shape index (κ1) is 19.1. The molecule has 0 aromatic heterocycles. The predicted octanol–water partition coefficient (Wildman–Crippen LogP) is 2.65. The van der Waals surface area contributed by atoms with Crippen LogP contribution in [-0.4, -0.2) is 56.4 Å². The fourth-order valence-corrected chi connectivity index (χ4v) is 2.41. The summed E-state index contributed by atoms with van der Waals surface area (Å²) in [6, 6.07) is 0. The van der Waals surface area contributed by atoms with E-state index in [2.05, 4.69) is 78.4 Å². The van der Waals surface area contributed by atoms with E-state index in [1.165, 1.54) is 19.3 Å². The van der Waals surface area contributed by atoms with Crippen LogP contribution in [0.25, 0.3) is 0 Å². The number of nitrogens with zero attached hydrogens (tertiary/aromatic N) is 3. The summed E-state index contributed by atoms with van der Waals surface area (Å²) in [5.74, 6) is 2.18. The summed E-state index contributed by atoms with van der Waals surface area (Å²) in [5.41, 5.74) is 0. The molecule has 0 aromatic carbocycles. The highest BCUT2D eigenvalue weighted by Gasteiger charge is 2.29. The summed E-state index contributed by atoms with van der Waals surface area (Å²) in [6.07, 6.45) is 3.70. The van der Waals surface area contributed by atoms with E-state index >= 15 is 0 Å². The number of hydrogen-bond acceptors (Lipinski definition) is 3. The van der Waals surface area contributed by atoms with Crippen LogP contribution in [0.3, 0.4) is 0 Å². The molecule has 0 saturated carbocycles. The van der Waals surface area contributed by atoms with Gasteiger partial charge in [-0.25, -0.2) is 0 Å². The maximum Gasteiger partial charge on any atom is 0.290 e. The smallest absolute Gasteiger partial charge is 0.290 e. The van der Waals surface area contributed by atoms with Crippen LogP contribution in [0.1, 0.15) is 60.8 Å². The lowest BCUT2D eigenvalue weighted by molar-refractivity contribution is 0.371. The zero-order chi connectivity index (χ0) is 15.8. The van der Waals surface area contributed by atoms with Gasteiger partial charge >= 0.3 is 0 Å². The maximum absolute atomic E-state index is 2.37. The molecule has 1 rings (SSSR count). The Hall–Kier alpha value is 0.0748. The Morgan fingerprint density at radius 1 is 0.571 bits per heavy atom. The minimum atomic E-state index is 0.728. The first-order chi connectivity index (χ1) is 9.98. The van der Waals surface area contributed by atoms with Crippen LogP contribution in [0.2, 0.25) is 0 Å². The van der Waals surface area contributed by atoms with E-state index in [9.17, 15) is 0 Å². The van der Waals surface area contributed by atoms with Crippen molar-refractivity contribution in [2.45, 2.75) is 60.8 Å². The first-order valence-corrected chi connectivity index (χ1v) is 8.80. The molecule has 3 unspecified atom stereocenters. The molecule has 0 N–H and O–H groups in total. The zero-order valence-electron chi connectivity index (χ0n) is 15.0. The largest absolute Gasteiger partial charge is 0.365 e. The molecule has 3 atom stereocenters. The van der Waals surface area contributed by atoms with Crippen LogP contribution < -0.4 is 0 Å². The van der Waals surface area contributed by atoms with Crippen molar-refractivity contribution in [2.24, 2.45) is 17.8 Å². The van der Waals surface area contributed by atoms with Gasteiger partial charge in [0.15, 0.2) is 0 Å². The first-order valence-electron chi connectivity index (χ1n) is 8.80. The van der Waals surface area contributed by atoms with Gasteiger partial charge in [-0.3, -0.25) is 0 Å². The molecule has 3 radical (unpaired) electrons. The number of rotatable bonds is 9. The summed E-state index contributed by atoms with van der Waals surface area (Å²) in [7, 11) is 6.85. The third-order valence-electron chi connectivity index (χ3n) is 4.55. The molecule has 3 nitrogen and oxygen atoms in total. The molecule has 1 fully saturated rings. The third-order valence-corrected chi connectivity index (χ3v) is 4.55. The van der Waals surface area contributed by atoms with Crippen LogP contribution in [0, 0.1) is 17.8 Å². The molecule has 1 aliphatic rings. The molecular formula is C15H33B3N3. The quantitative estimate of drug-likeness (QED) is 0.604. The zero-order valence-corrected chi connectivity index (χ0v) is 15.0. The van der Waals surface area contributed by atoms with Crippen molar-refractivity contribution < 1.29 is 0 Å². The minimum Gasteiger partial charge on any atom is -0.365 e. The molecule has 21 heavy (non-hydrogen) atoms. The van der Waals surface area contributed by atoms with Crippen LogP contribution >= 0.6 is 0 Å². The molecule has 1 aliphatic heterocycles. The van der Waals surface area contributed by atoms with Gasteiger partial charge in [-0.05, 0) is 37.4 Å². The van der Waals surface area contributed by atoms with Crippen molar-refractivity contribution in [3.8, 4) is 0 Å². The van der Waals surface area contributed by atoms with Crippen LogP contribution in [0.4, 0.5) is 0 Å². The van der Waals surface area contributed by atoms with Gasteiger partial charge in [0, 0.05) is 0 Å². The lowest BCUT2D eigenvalue weighted by atomic mass is 9.72. The Bertz CT molecular complexity index is 232. The van der Waals surface area contributed by atoms with Gasteiger partial charge in [-0.1, -0.05) is 60.8 Å². The van der Waals surface area contributed by atoms with E-state index in [-0.39, 0.29) is 0 Å². The Kier molecular flexibility index (Phi) is 9.07. The fourth-order valence-electron chi connectivity index (χ4n) is 2.41. The highest BCUT2D eigenvalue weighted by Crippen LogP contribution is 2.12. The summed E-state index contributed by atoms with van der Waals surface area (Å²) >= 11 is 0. The van der Waals surface area contributed by atoms with E-state index in [0.717, 1.165) is 37.4 Å². The van der Waals surface area contributed by atoms with E-state index < -0.39 is 0 Å². The predicted molar refractivity (Wildman–Crippen MR) is 95.7 cm³/mol. The van der Waals surface area contributed by atoms with Gasteiger partial charge < -0.3 is 14.2 Å². The Morgan fingerprint density at radius 2 is 0.810 bits per heavy atom. The molecule has 1 heterocycles. The Balaban J connectivity index is 2.59. The van der Waals surface area contributed by atoms with Gasteiger partial charge in [0.2, 0.25) is 0 Å². The Labute approximate surface area is 135 Å². The minimum absolute atomic E-state index is 0.728. The van der Waals surface area contributed by atoms with E-state index in [1.54, 1.807) is 0 Å². The van der Waals surface area contributed by atoms with E-state index in [4.69, 9.17) is 0 Å². The summed E-state index contributed by atoms with van der Waals surface area (Å²) in [5, 5.41) is 0. The lowest BCUT2D eigenvalue weighted by Gasteiger charge is -2.42. The molecule has 0 bridgehead atoms. The highest BCUT2D eigenvalue weighted by molar-refractivity contribution is 6.64. The molecular weight excluding hydrogens is 255 g/mol. The van der Waals surface area contributed by atoms with E-state index in [0.29, 0.717) is 0 Å². The third kappa shape index (κ3) is 7.25. The molecule has 117 valence electrons. The van der Waals surface area contributed by atoms with Crippen molar-refractivity contribution >= 4 is 22.6 Å². The average Bonchev–Trinajstić information content (AvgIpc) is 2.46. The second kappa shape index (κ2) is 9.96. The van der Waals surface area contributed by atoms with Crippen LogP contribution in [0.15, 0.2) is 0 Å². The molecule has 0 aliphatic carbocycles.